The van der Waals surface area contributed by atoms with Crippen LogP contribution in [0.15, 0.2) is 24.3 Å². The summed E-state index contributed by atoms with van der Waals surface area (Å²) < 4.78 is 4.87. The Hall–Kier alpha value is -2.50. The van der Waals surface area contributed by atoms with Crippen LogP contribution in [0.5, 0.6) is 11.5 Å². The summed E-state index contributed by atoms with van der Waals surface area (Å²) in [6.45, 7) is -0.433. The molecule has 1 aromatic rings. The number of nitrogens with one attached hydrogen (secondary N) is 1. The standard InChI is InChI=1S/C12H13NO5/c1-18-10-4-2-8(6-9(10)14)3-5-11(15)13-7-12(16)17/h2-6,14H,7H2,1H3,(H,13,15)(H,16,17). The van der Waals surface area contributed by atoms with E-state index in [4.69, 9.17) is 9.84 Å². The lowest BCUT2D eigenvalue weighted by Crippen LogP contribution is -2.27. The molecule has 0 saturated heterocycles. The normalized spacial score (nSPS) is 10.3. The maximum atomic E-state index is 11.2. The van der Waals surface area contributed by atoms with E-state index >= 15 is 0 Å². The lowest BCUT2D eigenvalue weighted by atomic mass is 10.2. The summed E-state index contributed by atoms with van der Waals surface area (Å²) >= 11 is 0. The second kappa shape index (κ2) is 6.29. The zero-order valence-electron chi connectivity index (χ0n) is 9.71. The number of benzene rings is 1. The summed E-state index contributed by atoms with van der Waals surface area (Å²) in [6, 6.07) is 4.64. The van der Waals surface area contributed by atoms with Crippen molar-refractivity contribution in [1.82, 2.24) is 5.32 Å². The van der Waals surface area contributed by atoms with Crippen molar-refractivity contribution in [1.29, 1.82) is 0 Å². The first kappa shape index (κ1) is 13.6. The first-order chi connectivity index (χ1) is 8.52. The smallest absolute Gasteiger partial charge is 0.322 e. The van der Waals surface area contributed by atoms with Gasteiger partial charge in [0.05, 0.1) is 7.11 Å². The van der Waals surface area contributed by atoms with E-state index in [1.807, 2.05) is 0 Å². The number of ether oxygens (including phenoxy) is 1. The molecule has 0 aliphatic carbocycles. The van der Waals surface area contributed by atoms with Crippen molar-refractivity contribution in [2.24, 2.45) is 0 Å². The van der Waals surface area contributed by atoms with Crippen molar-refractivity contribution in [3.63, 3.8) is 0 Å². The SMILES string of the molecule is COc1ccc(C=CC(=O)NCC(=O)O)cc1O. The molecule has 0 aliphatic heterocycles. The summed E-state index contributed by atoms with van der Waals surface area (Å²) in [5, 5.41) is 20.0. The minimum atomic E-state index is -1.11. The quantitative estimate of drug-likeness (QED) is 0.666. The fraction of sp³-hybridized carbons (Fsp3) is 0.167. The average molecular weight is 251 g/mol. The number of aromatic hydroxyl groups is 1. The zero-order valence-corrected chi connectivity index (χ0v) is 9.71. The maximum absolute atomic E-state index is 11.2. The van der Waals surface area contributed by atoms with Gasteiger partial charge in [0.2, 0.25) is 5.91 Å². The second-order valence-electron chi connectivity index (χ2n) is 3.38. The van der Waals surface area contributed by atoms with Crippen molar-refractivity contribution in [3.8, 4) is 11.5 Å². The monoisotopic (exact) mass is 251 g/mol. The van der Waals surface area contributed by atoms with Crippen LogP contribution in [0.2, 0.25) is 0 Å². The summed E-state index contributed by atoms with van der Waals surface area (Å²) in [6.07, 6.45) is 2.64. The third-order valence-electron chi connectivity index (χ3n) is 2.04. The van der Waals surface area contributed by atoms with Crippen molar-refractivity contribution >= 4 is 18.0 Å². The Morgan fingerprint density at radius 1 is 1.44 bits per heavy atom. The molecule has 1 rings (SSSR count). The van der Waals surface area contributed by atoms with Gasteiger partial charge in [0, 0.05) is 6.08 Å². The highest BCUT2D eigenvalue weighted by molar-refractivity contribution is 5.93. The Morgan fingerprint density at radius 3 is 2.72 bits per heavy atom. The van der Waals surface area contributed by atoms with Crippen LogP contribution >= 0.6 is 0 Å². The second-order valence-corrected chi connectivity index (χ2v) is 3.38. The van der Waals surface area contributed by atoms with Gasteiger partial charge in [-0.3, -0.25) is 9.59 Å². The number of aliphatic carboxylic acids is 1. The third kappa shape index (κ3) is 4.17. The first-order valence-corrected chi connectivity index (χ1v) is 5.07. The van der Waals surface area contributed by atoms with Crippen molar-refractivity contribution in [3.05, 3.63) is 29.8 Å². The van der Waals surface area contributed by atoms with Gasteiger partial charge < -0.3 is 20.3 Å². The molecule has 1 amide bonds. The Bertz CT molecular complexity index is 481. The predicted octanol–water partition coefficient (Wildman–Crippen LogP) is 0.615. The van der Waals surface area contributed by atoms with Crippen LogP contribution in [0.1, 0.15) is 5.56 Å². The summed E-state index contributed by atoms with van der Waals surface area (Å²) in [4.78, 5) is 21.4. The number of rotatable bonds is 5. The van der Waals surface area contributed by atoms with E-state index in [0.29, 0.717) is 11.3 Å². The number of methoxy groups -OCH3 is 1. The fourth-order valence-electron chi connectivity index (χ4n) is 1.20. The van der Waals surface area contributed by atoms with E-state index in [-0.39, 0.29) is 5.75 Å². The van der Waals surface area contributed by atoms with E-state index in [1.54, 1.807) is 12.1 Å². The molecule has 6 heteroatoms. The highest BCUT2D eigenvalue weighted by Gasteiger charge is 2.02. The molecule has 1 aromatic carbocycles. The summed E-state index contributed by atoms with van der Waals surface area (Å²) in [7, 11) is 1.43. The molecule has 0 heterocycles. The van der Waals surface area contributed by atoms with Gasteiger partial charge in [-0.25, -0.2) is 0 Å². The summed E-state index contributed by atoms with van der Waals surface area (Å²) in [5.74, 6) is -1.33. The molecule has 18 heavy (non-hydrogen) atoms. The number of phenolic OH excluding ortho intramolecular Hbond substituents is 1. The number of carboxylic acid groups (broad SMARTS) is 1. The molecule has 6 nitrogen and oxygen atoms in total. The van der Waals surface area contributed by atoms with Crippen LogP contribution in [0.4, 0.5) is 0 Å². The molecule has 0 fully saturated rings. The zero-order chi connectivity index (χ0) is 13.5. The third-order valence-corrected chi connectivity index (χ3v) is 2.04. The Balaban J connectivity index is 2.64. The number of hydrogen-bond acceptors (Lipinski definition) is 4. The average Bonchev–Trinajstić information content (AvgIpc) is 2.34. The number of carboxylic acids is 1. The maximum Gasteiger partial charge on any atom is 0.322 e. The minimum Gasteiger partial charge on any atom is -0.504 e. The first-order valence-electron chi connectivity index (χ1n) is 5.07. The van der Waals surface area contributed by atoms with Crippen LogP contribution in [0.3, 0.4) is 0 Å². The van der Waals surface area contributed by atoms with E-state index < -0.39 is 18.4 Å². The number of hydrogen-bond donors (Lipinski definition) is 3. The van der Waals surface area contributed by atoms with Gasteiger partial charge in [-0.05, 0) is 23.8 Å². The highest BCUT2D eigenvalue weighted by Crippen LogP contribution is 2.26. The Morgan fingerprint density at radius 2 is 2.17 bits per heavy atom. The van der Waals surface area contributed by atoms with Crippen LogP contribution in [-0.4, -0.2) is 35.7 Å². The molecule has 0 atom stereocenters. The fourth-order valence-corrected chi connectivity index (χ4v) is 1.20. The van der Waals surface area contributed by atoms with Gasteiger partial charge in [0.15, 0.2) is 11.5 Å². The lowest BCUT2D eigenvalue weighted by molar-refractivity contribution is -0.137. The van der Waals surface area contributed by atoms with Crippen LogP contribution in [0.25, 0.3) is 6.08 Å². The number of carbonyl (C=O) groups is 2. The lowest BCUT2D eigenvalue weighted by Gasteiger charge is -2.03. The van der Waals surface area contributed by atoms with Crippen LogP contribution in [0, 0.1) is 0 Å². The van der Waals surface area contributed by atoms with Gasteiger partial charge in [-0.1, -0.05) is 6.07 Å². The van der Waals surface area contributed by atoms with Crippen LogP contribution in [-0.2, 0) is 9.59 Å². The van der Waals surface area contributed by atoms with Gasteiger partial charge in [-0.2, -0.15) is 0 Å². The Labute approximate surface area is 104 Å². The molecule has 96 valence electrons. The van der Waals surface area contributed by atoms with Gasteiger partial charge >= 0.3 is 5.97 Å². The van der Waals surface area contributed by atoms with E-state index in [0.717, 1.165) is 0 Å². The van der Waals surface area contributed by atoms with E-state index in [1.165, 1.54) is 25.3 Å². The topological polar surface area (TPSA) is 95.9 Å². The Kier molecular flexibility index (Phi) is 4.74. The van der Waals surface area contributed by atoms with E-state index in [2.05, 4.69) is 5.32 Å². The molecular weight excluding hydrogens is 238 g/mol. The molecule has 0 radical (unpaired) electrons. The predicted molar refractivity (Wildman–Crippen MR) is 64.3 cm³/mol. The number of carbonyl (C=O) groups excluding carboxylic acids is 1. The molecule has 0 spiro atoms. The number of phenols is 1. The largest absolute Gasteiger partial charge is 0.504 e. The van der Waals surface area contributed by atoms with Crippen LogP contribution < -0.4 is 10.1 Å². The summed E-state index contributed by atoms with van der Waals surface area (Å²) in [5.41, 5.74) is 0.596. The van der Waals surface area contributed by atoms with Gasteiger partial charge in [-0.15, -0.1) is 0 Å². The minimum absolute atomic E-state index is 0.0365. The molecule has 0 bridgehead atoms. The number of amides is 1. The molecule has 3 N–H and O–H groups in total. The van der Waals surface area contributed by atoms with Crippen molar-refractivity contribution in [2.75, 3.05) is 13.7 Å². The molecule has 0 saturated carbocycles. The highest BCUT2D eigenvalue weighted by atomic mass is 16.5. The van der Waals surface area contributed by atoms with Gasteiger partial charge in [0.1, 0.15) is 6.54 Å². The molecule has 0 unspecified atom stereocenters. The van der Waals surface area contributed by atoms with Crippen molar-refractivity contribution < 1.29 is 24.5 Å². The van der Waals surface area contributed by atoms with E-state index in [9.17, 15) is 14.7 Å². The molecule has 0 aliphatic rings. The van der Waals surface area contributed by atoms with Gasteiger partial charge in [0.25, 0.3) is 0 Å². The molecule has 0 aromatic heterocycles. The molecular formula is C12H13NO5. The van der Waals surface area contributed by atoms with Crippen molar-refractivity contribution in [2.45, 2.75) is 0 Å².